The van der Waals surface area contributed by atoms with E-state index in [4.69, 9.17) is 4.74 Å². The van der Waals surface area contributed by atoms with Gasteiger partial charge >= 0.3 is 0 Å². The Bertz CT molecular complexity index is 790. The van der Waals surface area contributed by atoms with E-state index >= 15 is 0 Å². The van der Waals surface area contributed by atoms with Gasteiger partial charge in [-0.3, -0.25) is 14.6 Å². The molecule has 1 fully saturated rings. The standard InChI is InChI=1S/C19H20FN3O3/c1-26-15-2-3-16(17(20)12-15)18(24)22-14-6-10-23(11-7-14)19(25)13-4-8-21-9-5-13/h2-5,8-9,12,14H,6-7,10-11H2,1H3,(H,22,24). The van der Waals surface area contributed by atoms with Crippen LogP contribution in [0.2, 0.25) is 0 Å². The van der Waals surface area contributed by atoms with Gasteiger partial charge in [0, 0.05) is 43.2 Å². The van der Waals surface area contributed by atoms with E-state index in [1.807, 2.05) is 0 Å². The number of likely N-dealkylation sites (tertiary alicyclic amines) is 1. The van der Waals surface area contributed by atoms with Gasteiger partial charge in [0.15, 0.2) is 0 Å². The quantitative estimate of drug-likeness (QED) is 0.911. The minimum Gasteiger partial charge on any atom is -0.497 e. The topological polar surface area (TPSA) is 71.5 Å². The molecule has 1 aliphatic heterocycles. The van der Waals surface area contributed by atoms with Crippen LogP contribution in [0.15, 0.2) is 42.7 Å². The number of piperidine rings is 1. The first-order chi connectivity index (χ1) is 12.6. The molecule has 26 heavy (non-hydrogen) atoms. The summed E-state index contributed by atoms with van der Waals surface area (Å²) in [5.74, 6) is -0.753. The molecule has 136 valence electrons. The van der Waals surface area contributed by atoms with E-state index < -0.39 is 11.7 Å². The molecular formula is C19H20FN3O3. The van der Waals surface area contributed by atoms with Gasteiger partial charge in [-0.05, 0) is 37.1 Å². The number of ether oxygens (including phenoxy) is 1. The highest BCUT2D eigenvalue weighted by atomic mass is 19.1. The molecule has 6 nitrogen and oxygen atoms in total. The third kappa shape index (κ3) is 3.99. The molecule has 1 aromatic carbocycles. The van der Waals surface area contributed by atoms with Crippen LogP contribution in [0, 0.1) is 5.82 Å². The lowest BCUT2D eigenvalue weighted by Crippen LogP contribution is -2.46. The van der Waals surface area contributed by atoms with Crippen LogP contribution in [0.5, 0.6) is 5.75 Å². The number of nitrogens with zero attached hydrogens (tertiary/aromatic N) is 2. The largest absolute Gasteiger partial charge is 0.497 e. The fraction of sp³-hybridized carbons (Fsp3) is 0.316. The number of hydrogen-bond donors (Lipinski definition) is 1. The van der Waals surface area contributed by atoms with Crippen LogP contribution in [0.3, 0.4) is 0 Å². The van der Waals surface area contributed by atoms with Crippen molar-refractivity contribution in [2.24, 2.45) is 0 Å². The van der Waals surface area contributed by atoms with E-state index in [-0.39, 0.29) is 17.5 Å². The molecule has 1 aromatic heterocycles. The van der Waals surface area contributed by atoms with Gasteiger partial charge in [-0.15, -0.1) is 0 Å². The lowest BCUT2D eigenvalue weighted by Gasteiger charge is -2.32. The highest BCUT2D eigenvalue weighted by molar-refractivity contribution is 5.95. The van der Waals surface area contributed by atoms with Gasteiger partial charge in [0.25, 0.3) is 11.8 Å². The SMILES string of the molecule is COc1ccc(C(=O)NC2CCN(C(=O)c3ccncc3)CC2)c(F)c1. The zero-order chi connectivity index (χ0) is 18.5. The minimum absolute atomic E-state index is 0.0129. The maximum atomic E-state index is 14.0. The Morgan fingerprint density at radius 1 is 1.19 bits per heavy atom. The molecule has 1 saturated heterocycles. The molecule has 0 saturated carbocycles. The Kier molecular flexibility index (Phi) is 5.46. The molecule has 7 heteroatoms. The van der Waals surface area contributed by atoms with Crippen molar-refractivity contribution >= 4 is 11.8 Å². The summed E-state index contributed by atoms with van der Waals surface area (Å²) in [7, 11) is 1.44. The molecule has 0 unspecified atom stereocenters. The van der Waals surface area contributed by atoms with Crippen LogP contribution < -0.4 is 10.1 Å². The monoisotopic (exact) mass is 357 g/mol. The molecule has 1 N–H and O–H groups in total. The number of carbonyl (C=O) groups is 2. The predicted molar refractivity (Wildman–Crippen MR) is 93.6 cm³/mol. The van der Waals surface area contributed by atoms with Gasteiger partial charge < -0.3 is 15.0 Å². The van der Waals surface area contributed by atoms with Crippen LogP contribution in [0.25, 0.3) is 0 Å². The number of rotatable bonds is 4. The Morgan fingerprint density at radius 2 is 1.88 bits per heavy atom. The van der Waals surface area contributed by atoms with Gasteiger partial charge in [0.1, 0.15) is 11.6 Å². The summed E-state index contributed by atoms with van der Waals surface area (Å²) in [4.78, 5) is 30.4. The third-order valence-corrected chi connectivity index (χ3v) is 4.47. The van der Waals surface area contributed by atoms with Crippen molar-refractivity contribution in [1.29, 1.82) is 0 Å². The summed E-state index contributed by atoms with van der Waals surface area (Å²) in [5.41, 5.74) is 0.587. The average molecular weight is 357 g/mol. The minimum atomic E-state index is -0.618. The van der Waals surface area contributed by atoms with E-state index in [0.717, 1.165) is 0 Å². The van der Waals surface area contributed by atoms with Crippen molar-refractivity contribution in [3.63, 3.8) is 0 Å². The lowest BCUT2D eigenvalue weighted by molar-refractivity contribution is 0.0697. The van der Waals surface area contributed by atoms with E-state index in [0.29, 0.717) is 37.2 Å². The van der Waals surface area contributed by atoms with Crippen molar-refractivity contribution in [3.8, 4) is 5.75 Å². The maximum absolute atomic E-state index is 14.0. The second-order valence-corrected chi connectivity index (χ2v) is 6.12. The number of amides is 2. The first-order valence-corrected chi connectivity index (χ1v) is 8.42. The van der Waals surface area contributed by atoms with Crippen LogP contribution in [-0.2, 0) is 0 Å². The molecule has 0 spiro atoms. The van der Waals surface area contributed by atoms with Gasteiger partial charge in [-0.2, -0.15) is 0 Å². The third-order valence-electron chi connectivity index (χ3n) is 4.47. The molecule has 2 amide bonds. The molecule has 2 aromatic rings. The lowest BCUT2D eigenvalue weighted by atomic mass is 10.0. The van der Waals surface area contributed by atoms with E-state index in [2.05, 4.69) is 10.3 Å². The molecule has 0 bridgehead atoms. The van der Waals surface area contributed by atoms with Crippen LogP contribution in [0.4, 0.5) is 4.39 Å². The average Bonchev–Trinajstić information content (AvgIpc) is 2.68. The molecule has 0 radical (unpaired) electrons. The number of nitrogens with one attached hydrogen (secondary N) is 1. The summed E-state index contributed by atoms with van der Waals surface area (Å²) in [5, 5.41) is 2.84. The fourth-order valence-corrected chi connectivity index (χ4v) is 2.97. The number of aromatic nitrogens is 1. The Labute approximate surface area is 151 Å². The van der Waals surface area contributed by atoms with Gasteiger partial charge in [-0.25, -0.2) is 4.39 Å². The molecule has 0 aliphatic carbocycles. The van der Waals surface area contributed by atoms with Crippen LogP contribution in [-0.4, -0.2) is 47.9 Å². The van der Waals surface area contributed by atoms with Gasteiger partial charge in [0.2, 0.25) is 0 Å². The second kappa shape index (κ2) is 7.95. The summed E-state index contributed by atoms with van der Waals surface area (Å²) in [6.45, 7) is 1.08. The number of carbonyl (C=O) groups excluding carboxylic acids is 2. The van der Waals surface area contributed by atoms with Crippen molar-refractivity contribution in [3.05, 3.63) is 59.7 Å². The predicted octanol–water partition coefficient (Wildman–Crippen LogP) is 2.26. The van der Waals surface area contributed by atoms with Crippen molar-refractivity contribution < 1.29 is 18.7 Å². The Morgan fingerprint density at radius 3 is 2.50 bits per heavy atom. The smallest absolute Gasteiger partial charge is 0.254 e. The Hall–Kier alpha value is -2.96. The highest BCUT2D eigenvalue weighted by Crippen LogP contribution is 2.18. The van der Waals surface area contributed by atoms with Crippen molar-refractivity contribution in [1.82, 2.24) is 15.2 Å². The number of pyridine rings is 1. The van der Waals surface area contributed by atoms with E-state index in [1.165, 1.54) is 19.2 Å². The summed E-state index contributed by atoms with van der Waals surface area (Å²) >= 11 is 0. The zero-order valence-electron chi connectivity index (χ0n) is 14.4. The van der Waals surface area contributed by atoms with E-state index in [9.17, 15) is 14.0 Å². The van der Waals surface area contributed by atoms with Crippen LogP contribution in [0.1, 0.15) is 33.6 Å². The summed E-state index contributed by atoms with van der Waals surface area (Å²) in [6.07, 6.45) is 4.42. The summed E-state index contributed by atoms with van der Waals surface area (Å²) < 4.78 is 18.9. The normalized spacial score (nSPS) is 14.8. The first kappa shape index (κ1) is 17.8. The molecule has 2 heterocycles. The van der Waals surface area contributed by atoms with Crippen LogP contribution >= 0.6 is 0 Å². The molecule has 1 aliphatic rings. The zero-order valence-corrected chi connectivity index (χ0v) is 14.4. The fourth-order valence-electron chi connectivity index (χ4n) is 2.97. The van der Waals surface area contributed by atoms with Crippen molar-refractivity contribution in [2.75, 3.05) is 20.2 Å². The highest BCUT2D eigenvalue weighted by Gasteiger charge is 2.25. The summed E-state index contributed by atoms with van der Waals surface area (Å²) in [6, 6.07) is 7.42. The number of methoxy groups -OCH3 is 1. The van der Waals surface area contributed by atoms with Crippen molar-refractivity contribution in [2.45, 2.75) is 18.9 Å². The van der Waals surface area contributed by atoms with Gasteiger partial charge in [-0.1, -0.05) is 0 Å². The molecule has 0 atom stereocenters. The van der Waals surface area contributed by atoms with Gasteiger partial charge in [0.05, 0.1) is 12.7 Å². The van der Waals surface area contributed by atoms with E-state index in [1.54, 1.807) is 35.5 Å². The second-order valence-electron chi connectivity index (χ2n) is 6.12. The molecular weight excluding hydrogens is 337 g/mol. The first-order valence-electron chi connectivity index (χ1n) is 8.42. The number of halogens is 1. The number of benzene rings is 1. The molecule has 3 rings (SSSR count). The maximum Gasteiger partial charge on any atom is 0.254 e. The number of hydrogen-bond acceptors (Lipinski definition) is 4. The Balaban J connectivity index is 1.55.